The van der Waals surface area contributed by atoms with Crippen LogP contribution in [0, 0.1) is 0 Å². The average molecular weight is 440 g/mol. The SMILES string of the molecule is C[Si](C)(C)C1=C([Si](C)(C)C)C(CCN(CCc2ccsc2)Cc2ccccc2)=C1. The second-order valence-corrected chi connectivity index (χ2v) is 21.2. The molecule has 0 atom stereocenters. The molecule has 0 fully saturated rings. The molecule has 0 saturated heterocycles. The topological polar surface area (TPSA) is 3.24 Å². The smallest absolute Gasteiger partial charge is 0.0778 e. The molecular weight excluding hydrogens is 403 g/mol. The Kier molecular flexibility index (Phi) is 7.20. The summed E-state index contributed by atoms with van der Waals surface area (Å²) in [5.74, 6) is 0. The lowest BCUT2D eigenvalue weighted by Crippen LogP contribution is -2.39. The van der Waals surface area contributed by atoms with Crippen LogP contribution < -0.4 is 0 Å². The predicted molar refractivity (Wildman–Crippen MR) is 136 cm³/mol. The molecule has 1 aromatic carbocycles. The van der Waals surface area contributed by atoms with E-state index in [1.165, 1.54) is 17.5 Å². The third-order valence-electron chi connectivity index (χ3n) is 5.71. The summed E-state index contributed by atoms with van der Waals surface area (Å²) < 4.78 is 0. The molecule has 3 rings (SSSR count). The molecule has 0 N–H and O–H groups in total. The molecule has 29 heavy (non-hydrogen) atoms. The molecule has 0 amide bonds. The van der Waals surface area contributed by atoms with E-state index in [2.05, 4.69) is 97.4 Å². The first kappa shape index (κ1) is 22.5. The van der Waals surface area contributed by atoms with Gasteiger partial charge in [0.1, 0.15) is 0 Å². The first-order chi connectivity index (χ1) is 13.6. The highest BCUT2D eigenvalue weighted by atomic mass is 32.1. The van der Waals surface area contributed by atoms with E-state index >= 15 is 0 Å². The van der Waals surface area contributed by atoms with Gasteiger partial charge in [-0.25, -0.2) is 0 Å². The Hall–Kier alpha value is -1.21. The van der Waals surface area contributed by atoms with Crippen LogP contribution in [-0.2, 0) is 13.0 Å². The van der Waals surface area contributed by atoms with Crippen LogP contribution in [0.15, 0.2) is 69.2 Å². The molecule has 1 nitrogen and oxygen atoms in total. The van der Waals surface area contributed by atoms with Crippen molar-refractivity contribution >= 4 is 27.5 Å². The van der Waals surface area contributed by atoms with Gasteiger partial charge in [0.25, 0.3) is 0 Å². The summed E-state index contributed by atoms with van der Waals surface area (Å²) in [6, 6.07) is 13.2. The molecule has 0 unspecified atom stereocenters. The third-order valence-corrected chi connectivity index (χ3v) is 10.8. The van der Waals surface area contributed by atoms with Gasteiger partial charge < -0.3 is 0 Å². The van der Waals surface area contributed by atoms with Gasteiger partial charge in [-0.05, 0) is 46.4 Å². The van der Waals surface area contributed by atoms with Crippen molar-refractivity contribution < 1.29 is 0 Å². The fourth-order valence-electron chi connectivity index (χ4n) is 4.20. The van der Waals surface area contributed by atoms with Crippen molar-refractivity contribution in [3.8, 4) is 0 Å². The zero-order valence-corrected chi connectivity index (χ0v) is 21.9. The largest absolute Gasteiger partial charge is 0.298 e. The summed E-state index contributed by atoms with van der Waals surface area (Å²) in [5, 5.41) is 8.04. The number of hydrogen-bond donors (Lipinski definition) is 0. The second kappa shape index (κ2) is 9.29. The summed E-state index contributed by atoms with van der Waals surface area (Å²) >= 11 is 1.81. The molecule has 156 valence electrons. The second-order valence-electron chi connectivity index (χ2n) is 10.4. The lowest BCUT2D eigenvalue weighted by molar-refractivity contribution is 0.272. The van der Waals surface area contributed by atoms with Crippen molar-refractivity contribution in [1.82, 2.24) is 4.90 Å². The molecule has 0 radical (unpaired) electrons. The average Bonchev–Trinajstić information content (AvgIpc) is 3.10. The van der Waals surface area contributed by atoms with Crippen LogP contribution in [0.5, 0.6) is 0 Å². The number of rotatable bonds is 10. The first-order valence-electron chi connectivity index (χ1n) is 10.9. The summed E-state index contributed by atoms with van der Waals surface area (Å²) in [6.07, 6.45) is 4.91. The van der Waals surface area contributed by atoms with Gasteiger partial charge >= 0.3 is 0 Å². The Morgan fingerprint density at radius 1 is 0.793 bits per heavy atom. The molecule has 1 aliphatic rings. The third kappa shape index (κ3) is 6.14. The Labute approximate surface area is 184 Å². The molecule has 1 aliphatic carbocycles. The number of benzene rings is 1. The minimum absolute atomic E-state index is 1.05. The summed E-state index contributed by atoms with van der Waals surface area (Å²) in [4.78, 5) is 2.65. The zero-order chi connectivity index (χ0) is 21.1. The Morgan fingerprint density at radius 3 is 2.07 bits per heavy atom. The van der Waals surface area contributed by atoms with Crippen LogP contribution >= 0.6 is 11.3 Å². The number of hydrogen-bond acceptors (Lipinski definition) is 2. The van der Waals surface area contributed by atoms with Crippen molar-refractivity contribution in [2.24, 2.45) is 0 Å². The number of nitrogens with zero attached hydrogens (tertiary/aromatic N) is 1. The van der Waals surface area contributed by atoms with Crippen LogP contribution in [0.25, 0.3) is 0 Å². The summed E-state index contributed by atoms with van der Waals surface area (Å²) in [7, 11) is -2.52. The van der Waals surface area contributed by atoms with Crippen LogP contribution in [0.1, 0.15) is 17.5 Å². The molecule has 0 saturated carbocycles. The van der Waals surface area contributed by atoms with Crippen molar-refractivity contribution in [3.63, 3.8) is 0 Å². The van der Waals surface area contributed by atoms with Crippen LogP contribution in [0.3, 0.4) is 0 Å². The normalized spacial score (nSPS) is 14.9. The van der Waals surface area contributed by atoms with Crippen LogP contribution in [0.2, 0.25) is 39.3 Å². The van der Waals surface area contributed by atoms with E-state index in [0.29, 0.717) is 0 Å². The fourth-order valence-corrected chi connectivity index (χ4v) is 10.7. The highest BCUT2D eigenvalue weighted by molar-refractivity contribution is 7.07. The maximum absolute atomic E-state index is 2.65. The monoisotopic (exact) mass is 439 g/mol. The van der Waals surface area contributed by atoms with E-state index in [-0.39, 0.29) is 0 Å². The van der Waals surface area contributed by atoms with E-state index in [4.69, 9.17) is 0 Å². The van der Waals surface area contributed by atoms with Gasteiger partial charge in [-0.1, -0.05) is 86.1 Å². The standard InChI is InChI=1S/C25H37NSSi2/c1-28(2,3)24-18-23(25(24)29(4,5)6)13-16-26(15-12-22-14-17-27-20-22)19-21-10-8-7-9-11-21/h7-11,14,17-18,20H,12-13,15-16,19H2,1-6H3. The van der Waals surface area contributed by atoms with E-state index in [1.807, 2.05) is 0 Å². The minimum atomic E-state index is -1.29. The Morgan fingerprint density at radius 2 is 1.48 bits per heavy atom. The maximum Gasteiger partial charge on any atom is 0.0778 e. The van der Waals surface area contributed by atoms with Gasteiger partial charge in [0.2, 0.25) is 0 Å². The lowest BCUT2D eigenvalue weighted by Gasteiger charge is -2.39. The number of thiophene rings is 1. The van der Waals surface area contributed by atoms with Crippen LogP contribution in [0.4, 0.5) is 0 Å². The molecular formula is C25H37NSSi2. The Balaban J connectivity index is 1.67. The van der Waals surface area contributed by atoms with Gasteiger partial charge in [0.15, 0.2) is 0 Å². The molecule has 0 aliphatic heterocycles. The summed E-state index contributed by atoms with van der Waals surface area (Å²) in [5.41, 5.74) is 4.55. The molecule has 2 aromatic rings. The zero-order valence-electron chi connectivity index (χ0n) is 19.1. The van der Waals surface area contributed by atoms with Crippen molar-refractivity contribution in [3.05, 3.63) is 80.3 Å². The van der Waals surface area contributed by atoms with Crippen molar-refractivity contribution in [2.45, 2.75) is 58.7 Å². The van der Waals surface area contributed by atoms with Crippen molar-refractivity contribution in [1.29, 1.82) is 0 Å². The van der Waals surface area contributed by atoms with E-state index < -0.39 is 16.1 Å². The highest BCUT2D eigenvalue weighted by Crippen LogP contribution is 2.41. The maximum atomic E-state index is 2.65. The van der Waals surface area contributed by atoms with Gasteiger partial charge in [-0.15, -0.1) is 0 Å². The van der Waals surface area contributed by atoms with E-state index in [1.54, 1.807) is 27.3 Å². The van der Waals surface area contributed by atoms with Crippen LogP contribution in [-0.4, -0.2) is 34.1 Å². The Bertz CT molecular complexity index is 852. The highest BCUT2D eigenvalue weighted by Gasteiger charge is 2.36. The predicted octanol–water partition coefficient (Wildman–Crippen LogP) is 7.17. The molecule has 0 spiro atoms. The van der Waals surface area contributed by atoms with Gasteiger partial charge in [-0.3, -0.25) is 4.90 Å². The van der Waals surface area contributed by atoms with E-state index in [9.17, 15) is 0 Å². The first-order valence-corrected chi connectivity index (χ1v) is 18.8. The molecule has 4 heteroatoms. The quantitative estimate of drug-likeness (QED) is 0.354. The van der Waals surface area contributed by atoms with E-state index in [0.717, 1.165) is 26.1 Å². The number of allylic oxidation sites excluding steroid dienone is 3. The molecule has 0 bridgehead atoms. The lowest BCUT2D eigenvalue weighted by atomic mass is 10.0. The fraction of sp³-hybridized carbons (Fsp3) is 0.440. The molecule has 1 aromatic heterocycles. The van der Waals surface area contributed by atoms with Gasteiger partial charge in [0, 0.05) is 19.6 Å². The van der Waals surface area contributed by atoms with Crippen molar-refractivity contribution in [2.75, 3.05) is 13.1 Å². The van der Waals surface area contributed by atoms with Gasteiger partial charge in [0.05, 0.1) is 16.1 Å². The van der Waals surface area contributed by atoms with Gasteiger partial charge in [-0.2, -0.15) is 11.3 Å². The summed E-state index contributed by atoms with van der Waals surface area (Å²) in [6.45, 7) is 18.4. The minimum Gasteiger partial charge on any atom is -0.298 e. The molecule has 1 heterocycles.